The molecule has 33 heavy (non-hydrogen) atoms. The molecule has 0 saturated heterocycles. The highest BCUT2D eigenvalue weighted by Crippen LogP contribution is 2.45. The lowest BCUT2D eigenvalue weighted by Gasteiger charge is -2.24. The number of benzene rings is 2. The molecule has 0 aromatic heterocycles. The average Bonchev–Trinajstić information content (AvgIpc) is 3.27. The number of likely N-dealkylation sites (N-methyl/N-ethyl adjacent to an activating group) is 1. The maximum absolute atomic E-state index is 13.6. The smallest absolute Gasteiger partial charge is 0.253 e. The van der Waals surface area contributed by atoms with E-state index in [1.807, 2.05) is 32.1 Å². The van der Waals surface area contributed by atoms with Crippen LogP contribution in [0.2, 0.25) is 0 Å². The van der Waals surface area contributed by atoms with Crippen molar-refractivity contribution in [3.05, 3.63) is 76.8 Å². The molecule has 2 aliphatic rings. The number of hydrogen-bond donors (Lipinski definition) is 4. The van der Waals surface area contributed by atoms with Crippen molar-refractivity contribution >= 4 is 22.7 Å². The summed E-state index contributed by atoms with van der Waals surface area (Å²) in [4.78, 5) is 13.9. The van der Waals surface area contributed by atoms with Crippen LogP contribution >= 0.6 is 0 Å². The minimum atomic E-state index is -1.02. The first-order chi connectivity index (χ1) is 15.6. The molecule has 2 atom stereocenters. The van der Waals surface area contributed by atoms with Gasteiger partial charge in [-0.25, -0.2) is 4.39 Å². The Kier molecular flexibility index (Phi) is 6.00. The van der Waals surface area contributed by atoms with Gasteiger partial charge in [-0.1, -0.05) is 12.1 Å². The van der Waals surface area contributed by atoms with Gasteiger partial charge in [-0.05, 0) is 55.8 Å². The second kappa shape index (κ2) is 8.62. The Balaban J connectivity index is 1.64. The van der Waals surface area contributed by atoms with Crippen LogP contribution in [0.3, 0.4) is 0 Å². The molecule has 0 saturated carbocycles. The fourth-order valence-corrected chi connectivity index (χ4v) is 4.20. The Morgan fingerprint density at radius 2 is 1.94 bits per heavy atom. The van der Waals surface area contributed by atoms with Crippen LogP contribution < -0.4 is 5.32 Å². The largest absolute Gasteiger partial charge is 0.483 e. The molecule has 2 aromatic carbocycles. The molecule has 174 valence electrons. The van der Waals surface area contributed by atoms with Crippen LogP contribution in [-0.2, 0) is 4.74 Å². The van der Waals surface area contributed by atoms with Crippen LogP contribution in [0.4, 0.5) is 10.1 Å². The number of fused-ring (bicyclic) bond motifs is 1. The van der Waals surface area contributed by atoms with Gasteiger partial charge in [0.05, 0.1) is 18.3 Å². The summed E-state index contributed by atoms with van der Waals surface area (Å²) < 4.78 is 19.8. The molecular weight excluding hydrogens is 427 g/mol. The molecular formula is C25H27FN2O5. The number of nitrogens with one attached hydrogen (secondary N) is 1. The van der Waals surface area contributed by atoms with E-state index in [9.17, 15) is 19.4 Å². The number of nitrogens with zero attached hydrogens (tertiary/aromatic N) is 1. The minimum Gasteiger partial charge on any atom is -0.483 e. The lowest BCUT2D eigenvalue weighted by Crippen LogP contribution is -2.35. The van der Waals surface area contributed by atoms with E-state index in [4.69, 9.17) is 9.84 Å². The third kappa shape index (κ3) is 4.37. The second-order valence-corrected chi connectivity index (χ2v) is 8.78. The van der Waals surface area contributed by atoms with Crippen molar-refractivity contribution in [2.75, 3.05) is 25.5 Å². The Morgan fingerprint density at radius 1 is 1.24 bits per heavy atom. The van der Waals surface area contributed by atoms with Crippen molar-refractivity contribution in [2.24, 2.45) is 0 Å². The number of allylic oxidation sites excluding steroid dienone is 1. The van der Waals surface area contributed by atoms with E-state index in [0.29, 0.717) is 28.1 Å². The van der Waals surface area contributed by atoms with Crippen LogP contribution in [-0.4, -0.2) is 64.3 Å². The summed E-state index contributed by atoms with van der Waals surface area (Å²) in [5, 5.41) is 32.0. The van der Waals surface area contributed by atoms with Gasteiger partial charge in [0.15, 0.2) is 6.23 Å². The molecule has 0 aliphatic carbocycles. The molecule has 1 amide bonds. The molecule has 0 bridgehead atoms. The van der Waals surface area contributed by atoms with E-state index in [1.54, 1.807) is 25.2 Å². The Labute approximate surface area is 191 Å². The van der Waals surface area contributed by atoms with Gasteiger partial charge in [0.25, 0.3) is 5.91 Å². The van der Waals surface area contributed by atoms with Gasteiger partial charge in [-0.2, -0.15) is 0 Å². The zero-order valence-corrected chi connectivity index (χ0v) is 18.7. The SMILES string of the molecule is CN(CC(O)CO)C(=O)c1ccc(C2=C/C(=C3/c4ccc(F)cc4NC3O)OC2(C)C)cc1. The fraction of sp³-hybridized carbons (Fsp3) is 0.320. The minimum absolute atomic E-state index is 0.0295. The van der Waals surface area contributed by atoms with Gasteiger partial charge in [-0.15, -0.1) is 0 Å². The van der Waals surface area contributed by atoms with Crippen molar-refractivity contribution in [1.29, 1.82) is 0 Å². The van der Waals surface area contributed by atoms with Crippen molar-refractivity contribution in [3.63, 3.8) is 0 Å². The Bertz CT molecular complexity index is 1140. The average molecular weight is 454 g/mol. The van der Waals surface area contributed by atoms with Gasteiger partial charge in [0, 0.05) is 36.0 Å². The molecule has 2 aliphatic heterocycles. The molecule has 4 N–H and O–H groups in total. The van der Waals surface area contributed by atoms with Gasteiger partial charge >= 0.3 is 0 Å². The van der Waals surface area contributed by atoms with E-state index in [-0.39, 0.29) is 12.5 Å². The van der Waals surface area contributed by atoms with Crippen molar-refractivity contribution in [2.45, 2.75) is 31.8 Å². The van der Waals surface area contributed by atoms with Gasteiger partial charge in [0.1, 0.15) is 17.2 Å². The number of rotatable bonds is 5. The normalized spacial score (nSPS) is 21.7. The van der Waals surface area contributed by atoms with Gasteiger partial charge in [-0.3, -0.25) is 4.79 Å². The monoisotopic (exact) mass is 454 g/mol. The van der Waals surface area contributed by atoms with Gasteiger partial charge in [0.2, 0.25) is 0 Å². The topological polar surface area (TPSA) is 102 Å². The zero-order valence-electron chi connectivity index (χ0n) is 18.7. The lowest BCUT2D eigenvalue weighted by atomic mass is 9.91. The first-order valence-corrected chi connectivity index (χ1v) is 10.7. The summed E-state index contributed by atoms with van der Waals surface area (Å²) in [5.74, 6) is -0.162. The van der Waals surface area contributed by atoms with E-state index >= 15 is 0 Å². The van der Waals surface area contributed by atoms with E-state index < -0.39 is 30.4 Å². The highest BCUT2D eigenvalue weighted by Gasteiger charge is 2.38. The second-order valence-electron chi connectivity index (χ2n) is 8.78. The first kappa shape index (κ1) is 23.0. The predicted octanol–water partition coefficient (Wildman–Crippen LogP) is 2.60. The van der Waals surface area contributed by atoms with Crippen LogP contribution in [0, 0.1) is 5.82 Å². The highest BCUT2D eigenvalue weighted by atomic mass is 19.1. The molecule has 4 rings (SSSR count). The Morgan fingerprint density at radius 3 is 2.61 bits per heavy atom. The van der Waals surface area contributed by atoms with E-state index in [1.165, 1.54) is 17.0 Å². The number of carbonyl (C=O) groups excluding carboxylic acids is 1. The number of aliphatic hydroxyl groups excluding tert-OH is 3. The van der Waals surface area contributed by atoms with Crippen molar-refractivity contribution in [3.8, 4) is 0 Å². The summed E-state index contributed by atoms with van der Waals surface area (Å²) >= 11 is 0. The summed E-state index contributed by atoms with van der Waals surface area (Å²) in [7, 11) is 1.56. The molecule has 8 heteroatoms. The predicted molar refractivity (Wildman–Crippen MR) is 123 cm³/mol. The fourth-order valence-electron chi connectivity index (χ4n) is 4.20. The van der Waals surface area contributed by atoms with E-state index in [2.05, 4.69) is 5.32 Å². The third-order valence-electron chi connectivity index (χ3n) is 5.88. The summed E-state index contributed by atoms with van der Waals surface area (Å²) in [5.41, 5.74) is 3.21. The maximum Gasteiger partial charge on any atom is 0.253 e. The zero-order chi connectivity index (χ0) is 23.9. The van der Waals surface area contributed by atoms with Crippen molar-refractivity contribution < 1.29 is 29.2 Å². The molecule has 2 aromatic rings. The van der Waals surface area contributed by atoms with Crippen molar-refractivity contribution in [1.82, 2.24) is 4.90 Å². The number of amides is 1. The number of aliphatic hydroxyl groups is 3. The number of anilines is 1. The van der Waals surface area contributed by atoms with Crippen LogP contribution in [0.15, 0.2) is 54.3 Å². The van der Waals surface area contributed by atoms with Crippen LogP contribution in [0.1, 0.15) is 35.3 Å². The number of ether oxygens (including phenoxy) is 1. The Hall–Kier alpha value is -3.20. The quantitative estimate of drug-likeness (QED) is 0.554. The molecule has 7 nitrogen and oxygen atoms in total. The number of halogens is 1. The molecule has 0 fully saturated rings. The van der Waals surface area contributed by atoms with Gasteiger partial charge < -0.3 is 30.3 Å². The summed E-state index contributed by atoms with van der Waals surface area (Å²) in [6.45, 7) is 3.44. The molecule has 2 unspecified atom stereocenters. The maximum atomic E-state index is 13.6. The molecule has 0 radical (unpaired) electrons. The third-order valence-corrected chi connectivity index (χ3v) is 5.88. The summed E-state index contributed by atoms with van der Waals surface area (Å²) in [6, 6.07) is 11.3. The lowest BCUT2D eigenvalue weighted by molar-refractivity contribution is 0.0520. The number of hydrogen-bond acceptors (Lipinski definition) is 6. The number of carbonyl (C=O) groups is 1. The van der Waals surface area contributed by atoms with Crippen LogP contribution in [0.5, 0.6) is 0 Å². The molecule has 2 heterocycles. The standard InChI is InChI=1S/C25H27FN2O5/c1-25(2)19(14-4-6-15(7-5-14)24(32)28(3)12-17(30)13-29)11-21(33-25)22-18-9-8-16(26)10-20(18)27-23(22)31/h4-11,17,23,27,29-31H,12-13H2,1-3H3/b22-21+. The highest BCUT2D eigenvalue weighted by molar-refractivity contribution is 5.95. The molecule has 0 spiro atoms. The van der Waals surface area contributed by atoms with E-state index in [0.717, 1.165) is 11.1 Å². The first-order valence-electron chi connectivity index (χ1n) is 10.7. The summed E-state index contributed by atoms with van der Waals surface area (Å²) in [6.07, 6.45) is -0.152. The van der Waals surface area contributed by atoms with Crippen LogP contribution in [0.25, 0.3) is 11.1 Å².